The van der Waals surface area contributed by atoms with Gasteiger partial charge in [0, 0.05) is 31.8 Å². The van der Waals surface area contributed by atoms with E-state index in [1.165, 1.54) is 0 Å². The Balaban J connectivity index is 1.86. The van der Waals surface area contributed by atoms with E-state index in [9.17, 15) is 0 Å². The summed E-state index contributed by atoms with van der Waals surface area (Å²) < 4.78 is 1.92. The summed E-state index contributed by atoms with van der Waals surface area (Å²) in [5, 5.41) is 11.2. The lowest BCUT2D eigenvalue weighted by Crippen LogP contribution is -2.10. The minimum atomic E-state index is 0.787. The SMILES string of the molecule is CCCc1cc(NCCc2nncn2C)ncn1. The van der Waals surface area contributed by atoms with Crippen molar-refractivity contribution in [1.82, 2.24) is 24.7 Å². The lowest BCUT2D eigenvalue weighted by molar-refractivity contribution is 0.786. The molecule has 0 amide bonds. The zero-order chi connectivity index (χ0) is 12.8. The van der Waals surface area contributed by atoms with Crippen LogP contribution >= 0.6 is 0 Å². The van der Waals surface area contributed by atoms with Gasteiger partial charge in [-0.05, 0) is 6.42 Å². The first-order chi connectivity index (χ1) is 8.79. The van der Waals surface area contributed by atoms with E-state index in [4.69, 9.17) is 0 Å². The van der Waals surface area contributed by atoms with Crippen molar-refractivity contribution < 1.29 is 0 Å². The molecule has 2 aromatic heterocycles. The van der Waals surface area contributed by atoms with E-state index in [0.717, 1.165) is 43.1 Å². The molecule has 6 nitrogen and oxygen atoms in total. The molecule has 18 heavy (non-hydrogen) atoms. The van der Waals surface area contributed by atoms with Gasteiger partial charge < -0.3 is 9.88 Å². The Bertz CT molecular complexity index is 493. The van der Waals surface area contributed by atoms with E-state index < -0.39 is 0 Å². The molecule has 6 heteroatoms. The highest BCUT2D eigenvalue weighted by atomic mass is 15.2. The Hall–Kier alpha value is -1.98. The van der Waals surface area contributed by atoms with Crippen molar-refractivity contribution in [2.75, 3.05) is 11.9 Å². The highest BCUT2D eigenvalue weighted by Crippen LogP contribution is 2.06. The molecule has 2 rings (SSSR count). The standard InChI is InChI=1S/C12H18N6/c1-3-4-10-7-11(15-8-14-10)13-6-5-12-17-16-9-18(12)2/h7-9H,3-6H2,1-2H3,(H,13,14,15). The molecule has 1 N–H and O–H groups in total. The molecule has 0 spiro atoms. The maximum atomic E-state index is 4.22. The predicted molar refractivity (Wildman–Crippen MR) is 69.2 cm³/mol. The fourth-order valence-electron chi connectivity index (χ4n) is 1.72. The lowest BCUT2D eigenvalue weighted by Gasteiger charge is -2.06. The molecule has 96 valence electrons. The van der Waals surface area contributed by atoms with Gasteiger partial charge in [0.2, 0.25) is 0 Å². The maximum Gasteiger partial charge on any atom is 0.134 e. The third-order valence-electron chi connectivity index (χ3n) is 2.69. The van der Waals surface area contributed by atoms with Crippen LogP contribution in [0.4, 0.5) is 5.82 Å². The average molecular weight is 246 g/mol. The van der Waals surface area contributed by atoms with Gasteiger partial charge in [-0.1, -0.05) is 13.3 Å². The number of hydrogen-bond acceptors (Lipinski definition) is 5. The molecule has 2 heterocycles. The highest BCUT2D eigenvalue weighted by molar-refractivity contribution is 5.34. The van der Waals surface area contributed by atoms with E-state index in [1.54, 1.807) is 12.7 Å². The smallest absolute Gasteiger partial charge is 0.134 e. The lowest BCUT2D eigenvalue weighted by atomic mass is 10.2. The maximum absolute atomic E-state index is 4.22. The molecule has 0 bridgehead atoms. The zero-order valence-corrected chi connectivity index (χ0v) is 10.8. The number of anilines is 1. The van der Waals surface area contributed by atoms with Crippen LogP contribution in [0.2, 0.25) is 0 Å². The minimum absolute atomic E-state index is 0.787. The van der Waals surface area contributed by atoms with Crippen LogP contribution < -0.4 is 5.32 Å². The Labute approximate surface area is 106 Å². The van der Waals surface area contributed by atoms with Gasteiger partial charge in [-0.25, -0.2) is 9.97 Å². The summed E-state index contributed by atoms with van der Waals surface area (Å²) >= 11 is 0. The van der Waals surface area contributed by atoms with Crippen LogP contribution in [0, 0.1) is 0 Å². The highest BCUT2D eigenvalue weighted by Gasteiger charge is 2.01. The van der Waals surface area contributed by atoms with Crippen molar-refractivity contribution in [3.05, 3.63) is 30.2 Å². The van der Waals surface area contributed by atoms with Gasteiger partial charge in [-0.3, -0.25) is 0 Å². The van der Waals surface area contributed by atoms with Gasteiger partial charge in [-0.2, -0.15) is 0 Å². The monoisotopic (exact) mass is 246 g/mol. The Morgan fingerprint density at radius 3 is 2.89 bits per heavy atom. The van der Waals surface area contributed by atoms with Crippen LogP contribution in [0.25, 0.3) is 0 Å². The first-order valence-corrected chi connectivity index (χ1v) is 6.17. The van der Waals surface area contributed by atoms with Crippen molar-refractivity contribution in [2.24, 2.45) is 7.05 Å². The van der Waals surface area contributed by atoms with Crippen LogP contribution in [-0.4, -0.2) is 31.3 Å². The molecule has 0 aliphatic carbocycles. The third kappa shape index (κ3) is 3.26. The molecule has 0 atom stereocenters. The molecular weight excluding hydrogens is 228 g/mol. The second kappa shape index (κ2) is 6.09. The quantitative estimate of drug-likeness (QED) is 0.829. The van der Waals surface area contributed by atoms with E-state index >= 15 is 0 Å². The van der Waals surface area contributed by atoms with Crippen molar-refractivity contribution in [3.63, 3.8) is 0 Å². The van der Waals surface area contributed by atoms with Gasteiger partial charge >= 0.3 is 0 Å². The number of nitrogens with one attached hydrogen (secondary N) is 1. The summed E-state index contributed by atoms with van der Waals surface area (Å²) in [6.07, 6.45) is 6.22. The number of rotatable bonds is 6. The van der Waals surface area contributed by atoms with Gasteiger partial charge in [0.1, 0.15) is 24.3 Å². The molecule has 0 aromatic carbocycles. The summed E-state index contributed by atoms with van der Waals surface area (Å²) in [5.41, 5.74) is 1.08. The Morgan fingerprint density at radius 1 is 1.28 bits per heavy atom. The fraction of sp³-hybridized carbons (Fsp3) is 0.500. The molecule has 0 saturated carbocycles. The van der Waals surface area contributed by atoms with E-state index in [2.05, 4.69) is 32.4 Å². The van der Waals surface area contributed by atoms with Gasteiger partial charge in [0.15, 0.2) is 0 Å². The first kappa shape index (κ1) is 12.5. The van der Waals surface area contributed by atoms with Crippen LogP contribution in [0.15, 0.2) is 18.7 Å². The molecule has 0 saturated heterocycles. The van der Waals surface area contributed by atoms with Gasteiger partial charge in [0.25, 0.3) is 0 Å². The van der Waals surface area contributed by atoms with Crippen LogP contribution in [0.3, 0.4) is 0 Å². The minimum Gasteiger partial charge on any atom is -0.370 e. The predicted octanol–water partition coefficient (Wildman–Crippen LogP) is 1.21. The van der Waals surface area contributed by atoms with Crippen LogP contribution in [-0.2, 0) is 19.9 Å². The molecule has 0 aliphatic heterocycles. The number of hydrogen-bond donors (Lipinski definition) is 1. The first-order valence-electron chi connectivity index (χ1n) is 6.17. The molecule has 0 aliphatic rings. The summed E-state index contributed by atoms with van der Waals surface area (Å²) in [7, 11) is 1.94. The summed E-state index contributed by atoms with van der Waals surface area (Å²) in [6, 6.07) is 2.00. The van der Waals surface area contributed by atoms with Crippen molar-refractivity contribution in [1.29, 1.82) is 0 Å². The molecule has 0 radical (unpaired) electrons. The number of aromatic nitrogens is 5. The second-order valence-electron chi connectivity index (χ2n) is 4.18. The molecule has 2 aromatic rings. The largest absolute Gasteiger partial charge is 0.370 e. The Morgan fingerprint density at radius 2 is 2.17 bits per heavy atom. The number of aryl methyl sites for hydroxylation is 2. The van der Waals surface area contributed by atoms with Crippen LogP contribution in [0.1, 0.15) is 24.9 Å². The Kier molecular flexibility index (Phi) is 4.22. The summed E-state index contributed by atoms with van der Waals surface area (Å²) in [4.78, 5) is 8.42. The number of nitrogens with zero attached hydrogens (tertiary/aromatic N) is 5. The van der Waals surface area contributed by atoms with Crippen molar-refractivity contribution in [3.8, 4) is 0 Å². The van der Waals surface area contributed by atoms with E-state index in [0.29, 0.717) is 0 Å². The topological polar surface area (TPSA) is 68.5 Å². The van der Waals surface area contributed by atoms with E-state index in [-0.39, 0.29) is 0 Å². The molecule has 0 unspecified atom stereocenters. The third-order valence-corrected chi connectivity index (χ3v) is 2.69. The molecule has 0 fully saturated rings. The molecular formula is C12H18N6. The summed E-state index contributed by atoms with van der Waals surface area (Å²) in [5.74, 6) is 1.83. The van der Waals surface area contributed by atoms with Crippen molar-refractivity contribution in [2.45, 2.75) is 26.2 Å². The van der Waals surface area contributed by atoms with E-state index in [1.807, 2.05) is 17.7 Å². The summed E-state index contributed by atoms with van der Waals surface area (Å²) in [6.45, 7) is 2.93. The second-order valence-corrected chi connectivity index (χ2v) is 4.18. The fourth-order valence-corrected chi connectivity index (χ4v) is 1.72. The average Bonchev–Trinajstić information content (AvgIpc) is 2.76. The van der Waals surface area contributed by atoms with Crippen molar-refractivity contribution >= 4 is 5.82 Å². The van der Waals surface area contributed by atoms with Gasteiger partial charge in [0.05, 0.1) is 0 Å². The van der Waals surface area contributed by atoms with Gasteiger partial charge in [-0.15, -0.1) is 10.2 Å². The zero-order valence-electron chi connectivity index (χ0n) is 10.8. The normalized spacial score (nSPS) is 10.6. The van der Waals surface area contributed by atoms with Crippen LogP contribution in [0.5, 0.6) is 0 Å².